The number of fused-ring (bicyclic) bond motifs is 1. The molecule has 2 rings (SSSR count). The van der Waals surface area contributed by atoms with E-state index in [1.807, 2.05) is 0 Å². The van der Waals surface area contributed by atoms with Gasteiger partial charge in [-0.15, -0.1) is 0 Å². The molecular weight excluding hydrogens is 202 g/mol. The zero-order valence-corrected chi connectivity index (χ0v) is 12.3. The predicted octanol–water partition coefficient (Wildman–Crippen LogP) is -0.128. The van der Waals surface area contributed by atoms with Crippen LogP contribution in [0.25, 0.3) is 0 Å². The molecule has 0 bridgehead atoms. The molecule has 88 valence electrons. The highest BCUT2D eigenvalue weighted by molar-refractivity contribution is 6.15. The molecule has 2 fully saturated rings. The monoisotopic (exact) mass is 227 g/mol. The lowest BCUT2D eigenvalue weighted by atomic mass is 9.73. The Morgan fingerprint density at radius 1 is 1.20 bits per heavy atom. The van der Waals surface area contributed by atoms with Crippen molar-refractivity contribution in [2.24, 2.45) is 11.8 Å². The van der Waals surface area contributed by atoms with Crippen molar-refractivity contribution in [1.82, 2.24) is 15.8 Å². The average molecular weight is 227 g/mol. The SMILES string of the molecule is CNN1CCC2CCCCC2C1([SiH3])NC. The minimum atomic E-state index is 0.290. The van der Waals surface area contributed by atoms with Gasteiger partial charge >= 0.3 is 0 Å². The third-order valence-electron chi connectivity index (χ3n) is 4.69. The van der Waals surface area contributed by atoms with Crippen molar-refractivity contribution in [3.8, 4) is 0 Å². The standard InChI is InChI=1S/C11H25N3Si/c1-12-11(15)10-6-4-3-5-9(10)7-8-14(11)13-2/h9-10,12-13H,3-8H2,1-2,15H3. The summed E-state index contributed by atoms with van der Waals surface area (Å²) in [4.78, 5) is 0. The normalized spacial score (nSPS) is 42.8. The van der Waals surface area contributed by atoms with Gasteiger partial charge in [0.15, 0.2) is 0 Å². The van der Waals surface area contributed by atoms with E-state index < -0.39 is 0 Å². The Labute approximate surface area is 96.4 Å². The van der Waals surface area contributed by atoms with Crippen LogP contribution in [0.4, 0.5) is 0 Å². The maximum absolute atomic E-state index is 3.61. The van der Waals surface area contributed by atoms with Crippen molar-refractivity contribution in [3.63, 3.8) is 0 Å². The molecule has 0 aromatic carbocycles. The van der Waals surface area contributed by atoms with Crippen molar-refractivity contribution in [2.75, 3.05) is 20.6 Å². The molecule has 1 heterocycles. The van der Waals surface area contributed by atoms with Gasteiger partial charge in [0.25, 0.3) is 0 Å². The number of piperidine rings is 1. The van der Waals surface area contributed by atoms with Crippen LogP contribution in [-0.2, 0) is 0 Å². The summed E-state index contributed by atoms with van der Waals surface area (Å²) in [5.41, 5.74) is 3.38. The van der Waals surface area contributed by atoms with Gasteiger partial charge in [-0.2, -0.15) is 0 Å². The van der Waals surface area contributed by atoms with Gasteiger partial charge in [0.1, 0.15) is 0 Å². The first-order chi connectivity index (χ1) is 7.22. The minimum Gasteiger partial charge on any atom is -0.305 e. The first kappa shape index (κ1) is 11.6. The second-order valence-electron chi connectivity index (χ2n) is 5.21. The third-order valence-corrected chi connectivity index (χ3v) is 6.47. The van der Waals surface area contributed by atoms with Crippen LogP contribution in [0.1, 0.15) is 32.1 Å². The lowest BCUT2D eigenvalue weighted by Crippen LogP contribution is -2.70. The van der Waals surface area contributed by atoms with Crippen molar-refractivity contribution in [1.29, 1.82) is 0 Å². The Kier molecular flexibility index (Phi) is 3.50. The van der Waals surface area contributed by atoms with Gasteiger partial charge in [0.05, 0.1) is 5.29 Å². The fourth-order valence-corrected chi connectivity index (χ4v) is 4.89. The Bertz CT molecular complexity index is 224. The first-order valence-corrected chi connectivity index (χ1v) is 7.36. The molecule has 0 amide bonds. The fourth-order valence-electron chi connectivity index (χ4n) is 3.68. The summed E-state index contributed by atoms with van der Waals surface area (Å²) >= 11 is 0. The summed E-state index contributed by atoms with van der Waals surface area (Å²) in [5.74, 6) is 1.86. The second-order valence-corrected chi connectivity index (χ2v) is 6.74. The minimum absolute atomic E-state index is 0.290. The molecule has 3 atom stereocenters. The van der Waals surface area contributed by atoms with E-state index in [1.165, 1.54) is 48.9 Å². The van der Waals surface area contributed by atoms with E-state index in [0.29, 0.717) is 0 Å². The van der Waals surface area contributed by atoms with Gasteiger partial charge in [0, 0.05) is 16.8 Å². The Balaban J connectivity index is 2.18. The molecule has 2 N–H and O–H groups in total. The van der Waals surface area contributed by atoms with Gasteiger partial charge in [-0.1, -0.05) is 19.3 Å². The van der Waals surface area contributed by atoms with Gasteiger partial charge < -0.3 is 5.32 Å². The van der Waals surface area contributed by atoms with Crippen LogP contribution in [0.3, 0.4) is 0 Å². The van der Waals surface area contributed by atoms with E-state index in [0.717, 1.165) is 11.8 Å². The highest BCUT2D eigenvalue weighted by Crippen LogP contribution is 2.42. The Morgan fingerprint density at radius 3 is 2.60 bits per heavy atom. The molecule has 0 aromatic heterocycles. The van der Waals surface area contributed by atoms with Crippen LogP contribution in [0.15, 0.2) is 0 Å². The van der Waals surface area contributed by atoms with Gasteiger partial charge in [-0.3, -0.25) is 5.43 Å². The summed E-state index contributed by atoms with van der Waals surface area (Å²) in [5, 5.41) is 6.35. The summed E-state index contributed by atoms with van der Waals surface area (Å²) in [7, 11) is 5.39. The highest BCUT2D eigenvalue weighted by Gasteiger charge is 2.46. The molecule has 2 aliphatic rings. The molecule has 4 heteroatoms. The van der Waals surface area contributed by atoms with Crippen molar-refractivity contribution in [2.45, 2.75) is 37.4 Å². The van der Waals surface area contributed by atoms with Crippen molar-refractivity contribution in [3.05, 3.63) is 0 Å². The molecule has 1 saturated carbocycles. The van der Waals surface area contributed by atoms with Crippen LogP contribution in [0, 0.1) is 11.8 Å². The van der Waals surface area contributed by atoms with E-state index in [9.17, 15) is 0 Å². The summed E-state index contributed by atoms with van der Waals surface area (Å²) in [6, 6.07) is 0. The molecule has 0 radical (unpaired) electrons. The van der Waals surface area contributed by atoms with E-state index in [2.05, 4.69) is 29.8 Å². The highest BCUT2D eigenvalue weighted by atomic mass is 28.1. The molecular formula is C11H25N3Si. The van der Waals surface area contributed by atoms with E-state index in [1.54, 1.807) is 0 Å². The zero-order valence-electron chi connectivity index (χ0n) is 10.3. The number of hydrazine groups is 1. The van der Waals surface area contributed by atoms with Crippen molar-refractivity contribution >= 4 is 10.2 Å². The molecule has 0 spiro atoms. The molecule has 3 nitrogen and oxygen atoms in total. The molecule has 0 aromatic rings. The number of hydrogen-bond acceptors (Lipinski definition) is 3. The van der Waals surface area contributed by atoms with Crippen molar-refractivity contribution < 1.29 is 0 Å². The quantitative estimate of drug-likeness (QED) is 0.644. The lowest BCUT2D eigenvalue weighted by Gasteiger charge is -2.54. The third kappa shape index (κ3) is 1.88. The predicted molar refractivity (Wildman–Crippen MR) is 67.6 cm³/mol. The summed E-state index contributed by atoms with van der Waals surface area (Å²) in [6.07, 6.45) is 7.17. The molecule has 15 heavy (non-hydrogen) atoms. The van der Waals surface area contributed by atoms with Crippen LogP contribution in [0.5, 0.6) is 0 Å². The molecule has 3 unspecified atom stereocenters. The fraction of sp³-hybridized carbons (Fsp3) is 1.00. The molecule has 1 aliphatic heterocycles. The van der Waals surface area contributed by atoms with Crippen LogP contribution in [0.2, 0.25) is 0 Å². The number of nitrogens with zero attached hydrogens (tertiary/aromatic N) is 1. The van der Waals surface area contributed by atoms with Gasteiger partial charge in [-0.05, 0) is 38.8 Å². The number of hydrogen-bond donors (Lipinski definition) is 2. The number of nitrogens with one attached hydrogen (secondary N) is 2. The largest absolute Gasteiger partial charge is 0.305 e. The second kappa shape index (κ2) is 4.53. The Hall–Kier alpha value is 0.0969. The first-order valence-electron chi connectivity index (χ1n) is 6.36. The maximum atomic E-state index is 3.61. The average Bonchev–Trinajstić information content (AvgIpc) is 2.30. The van der Waals surface area contributed by atoms with Gasteiger partial charge in [-0.25, -0.2) is 5.01 Å². The van der Waals surface area contributed by atoms with E-state index in [4.69, 9.17) is 0 Å². The van der Waals surface area contributed by atoms with Crippen LogP contribution < -0.4 is 10.7 Å². The number of rotatable bonds is 2. The van der Waals surface area contributed by atoms with E-state index in [-0.39, 0.29) is 5.29 Å². The zero-order chi connectivity index (χ0) is 10.9. The maximum Gasteiger partial charge on any atom is 0.0658 e. The topological polar surface area (TPSA) is 27.3 Å². The molecule has 1 saturated heterocycles. The Morgan fingerprint density at radius 2 is 1.93 bits per heavy atom. The van der Waals surface area contributed by atoms with Crippen LogP contribution >= 0.6 is 0 Å². The van der Waals surface area contributed by atoms with E-state index >= 15 is 0 Å². The summed E-state index contributed by atoms with van der Waals surface area (Å²) in [6.45, 7) is 1.21. The lowest BCUT2D eigenvalue weighted by molar-refractivity contribution is -0.0461. The smallest absolute Gasteiger partial charge is 0.0658 e. The summed E-state index contributed by atoms with van der Waals surface area (Å²) < 4.78 is 0. The van der Waals surface area contributed by atoms with Crippen LogP contribution in [-0.4, -0.2) is 41.2 Å². The molecule has 1 aliphatic carbocycles. The van der Waals surface area contributed by atoms with Gasteiger partial charge in [0.2, 0.25) is 0 Å².